The molecule has 0 aliphatic carbocycles. The van der Waals surface area contributed by atoms with Gasteiger partial charge in [-0.3, -0.25) is 4.79 Å². The molecule has 7 heteroatoms. The van der Waals surface area contributed by atoms with Crippen molar-refractivity contribution in [2.75, 3.05) is 20.3 Å². The number of hydrogen-bond donors (Lipinski definition) is 0. The highest BCUT2D eigenvalue weighted by molar-refractivity contribution is 5.81. The Hall–Kier alpha value is -2.12. The predicted octanol–water partition coefficient (Wildman–Crippen LogP) is 2.67. The lowest BCUT2D eigenvalue weighted by Crippen LogP contribution is -2.36. The Bertz CT molecular complexity index is 654. The number of benzene rings is 1. The molecule has 0 spiro atoms. The lowest BCUT2D eigenvalue weighted by Gasteiger charge is -2.19. The lowest BCUT2D eigenvalue weighted by molar-refractivity contribution is -0.168. The van der Waals surface area contributed by atoms with Gasteiger partial charge < -0.3 is 23.7 Å². The van der Waals surface area contributed by atoms with E-state index in [0.717, 1.165) is 18.3 Å². The van der Waals surface area contributed by atoms with Gasteiger partial charge in [-0.1, -0.05) is 6.92 Å². The second-order valence-electron chi connectivity index (χ2n) is 6.50. The van der Waals surface area contributed by atoms with Crippen LogP contribution in [0.15, 0.2) is 12.1 Å². The Morgan fingerprint density at radius 2 is 2.00 bits per heavy atom. The molecule has 1 aromatic rings. The molecule has 0 saturated carbocycles. The van der Waals surface area contributed by atoms with Gasteiger partial charge in [0.05, 0.1) is 19.3 Å². The van der Waals surface area contributed by atoms with Crippen molar-refractivity contribution in [1.82, 2.24) is 0 Å². The summed E-state index contributed by atoms with van der Waals surface area (Å²) in [5.41, 5.74) is 1.12. The molecule has 26 heavy (non-hydrogen) atoms. The zero-order valence-electron chi connectivity index (χ0n) is 15.9. The van der Waals surface area contributed by atoms with E-state index in [1.165, 1.54) is 7.11 Å². The smallest absolute Gasteiger partial charge is 0.338 e. The van der Waals surface area contributed by atoms with Crippen molar-refractivity contribution >= 4 is 12.3 Å². The molecule has 0 aromatic heterocycles. The van der Waals surface area contributed by atoms with Crippen LogP contribution < -0.4 is 9.47 Å². The number of carbonyl (C=O) groups excluding carboxylic acids is 2. The van der Waals surface area contributed by atoms with E-state index in [-0.39, 0.29) is 6.61 Å². The highest BCUT2D eigenvalue weighted by Crippen LogP contribution is 2.33. The van der Waals surface area contributed by atoms with E-state index in [4.69, 9.17) is 23.7 Å². The SMILES string of the molecule is CCCOc1ccc(C=O)c(OC[C@@H]2OC(C)(C)O[C@H]2C(=O)OC)c1C. The van der Waals surface area contributed by atoms with Crippen LogP contribution in [-0.4, -0.2) is 50.6 Å². The van der Waals surface area contributed by atoms with Crippen LogP contribution in [0.25, 0.3) is 0 Å². The number of aldehydes is 1. The maximum absolute atomic E-state index is 11.9. The van der Waals surface area contributed by atoms with E-state index >= 15 is 0 Å². The van der Waals surface area contributed by atoms with Gasteiger partial charge in [-0.25, -0.2) is 4.79 Å². The minimum Gasteiger partial charge on any atom is -0.493 e. The number of hydrogen-bond acceptors (Lipinski definition) is 7. The van der Waals surface area contributed by atoms with E-state index in [2.05, 4.69) is 0 Å². The molecule has 0 radical (unpaired) electrons. The van der Waals surface area contributed by atoms with Crippen LogP contribution in [0, 0.1) is 6.92 Å². The van der Waals surface area contributed by atoms with Gasteiger partial charge in [0.2, 0.25) is 0 Å². The summed E-state index contributed by atoms with van der Waals surface area (Å²) in [7, 11) is 1.29. The third-order valence-electron chi connectivity index (χ3n) is 3.98. The number of rotatable bonds is 8. The largest absolute Gasteiger partial charge is 0.493 e. The quantitative estimate of drug-likeness (QED) is 0.517. The second kappa shape index (κ2) is 8.51. The minimum atomic E-state index is -0.929. The summed E-state index contributed by atoms with van der Waals surface area (Å²) >= 11 is 0. The molecule has 2 atom stereocenters. The summed E-state index contributed by atoms with van der Waals surface area (Å²) in [6.07, 6.45) is 0.0412. The molecule has 144 valence electrons. The van der Waals surface area contributed by atoms with Crippen LogP contribution in [0.3, 0.4) is 0 Å². The molecule has 0 unspecified atom stereocenters. The van der Waals surface area contributed by atoms with E-state index in [1.807, 2.05) is 13.8 Å². The molecule has 1 aliphatic rings. The monoisotopic (exact) mass is 366 g/mol. The van der Waals surface area contributed by atoms with Crippen LogP contribution in [-0.2, 0) is 19.0 Å². The number of esters is 1. The highest BCUT2D eigenvalue weighted by Gasteiger charge is 2.46. The zero-order valence-corrected chi connectivity index (χ0v) is 15.9. The topological polar surface area (TPSA) is 80.3 Å². The van der Waals surface area contributed by atoms with Crippen LogP contribution in [0.5, 0.6) is 11.5 Å². The van der Waals surface area contributed by atoms with E-state index in [1.54, 1.807) is 26.0 Å². The molecule has 7 nitrogen and oxygen atoms in total. The van der Waals surface area contributed by atoms with Crippen molar-refractivity contribution < 1.29 is 33.3 Å². The van der Waals surface area contributed by atoms with Gasteiger partial charge in [0, 0.05) is 5.56 Å². The van der Waals surface area contributed by atoms with E-state index in [0.29, 0.717) is 23.7 Å². The molecule has 1 heterocycles. The lowest BCUT2D eigenvalue weighted by atomic mass is 10.1. The summed E-state index contributed by atoms with van der Waals surface area (Å²) in [6, 6.07) is 3.39. The molecule has 1 aromatic carbocycles. The van der Waals surface area contributed by atoms with Crippen molar-refractivity contribution in [2.24, 2.45) is 0 Å². The maximum atomic E-state index is 11.9. The van der Waals surface area contributed by atoms with E-state index < -0.39 is 24.0 Å². The Morgan fingerprint density at radius 1 is 1.27 bits per heavy atom. The van der Waals surface area contributed by atoms with Crippen molar-refractivity contribution in [2.45, 2.75) is 52.1 Å². The summed E-state index contributed by atoms with van der Waals surface area (Å²) in [6.45, 7) is 7.86. The first-order chi connectivity index (χ1) is 12.3. The Morgan fingerprint density at radius 3 is 2.62 bits per heavy atom. The Labute approximate surface area is 153 Å². The molecular weight excluding hydrogens is 340 g/mol. The van der Waals surface area contributed by atoms with Gasteiger partial charge in [-0.2, -0.15) is 0 Å². The fourth-order valence-corrected chi connectivity index (χ4v) is 2.79. The zero-order chi connectivity index (χ0) is 19.3. The molecule has 1 saturated heterocycles. The first-order valence-electron chi connectivity index (χ1n) is 8.60. The molecular formula is C19H26O7. The summed E-state index contributed by atoms with van der Waals surface area (Å²) in [5, 5.41) is 0. The van der Waals surface area contributed by atoms with Crippen molar-refractivity contribution in [1.29, 1.82) is 0 Å². The van der Waals surface area contributed by atoms with Gasteiger partial charge in [0.15, 0.2) is 18.2 Å². The summed E-state index contributed by atoms with van der Waals surface area (Å²) < 4.78 is 27.6. The van der Waals surface area contributed by atoms with Gasteiger partial charge in [0.25, 0.3) is 0 Å². The third-order valence-corrected chi connectivity index (χ3v) is 3.98. The van der Waals surface area contributed by atoms with Crippen LogP contribution in [0.4, 0.5) is 0 Å². The second-order valence-corrected chi connectivity index (χ2v) is 6.50. The van der Waals surface area contributed by atoms with Gasteiger partial charge in [-0.15, -0.1) is 0 Å². The first kappa shape index (κ1) is 20.2. The number of methoxy groups -OCH3 is 1. The van der Waals surface area contributed by atoms with Gasteiger partial charge in [0.1, 0.15) is 24.2 Å². The van der Waals surface area contributed by atoms with Crippen LogP contribution in [0.2, 0.25) is 0 Å². The van der Waals surface area contributed by atoms with E-state index in [9.17, 15) is 9.59 Å². The number of carbonyl (C=O) groups is 2. The Kier molecular flexibility index (Phi) is 6.61. The minimum absolute atomic E-state index is 0.0299. The number of ether oxygens (including phenoxy) is 5. The molecule has 1 aliphatic heterocycles. The molecule has 0 N–H and O–H groups in total. The average molecular weight is 366 g/mol. The van der Waals surface area contributed by atoms with Gasteiger partial charge >= 0.3 is 5.97 Å². The Balaban J connectivity index is 2.19. The fourth-order valence-electron chi connectivity index (χ4n) is 2.79. The fraction of sp³-hybridized carbons (Fsp3) is 0.579. The maximum Gasteiger partial charge on any atom is 0.338 e. The first-order valence-corrected chi connectivity index (χ1v) is 8.60. The summed E-state index contributed by atoms with van der Waals surface area (Å²) in [5.74, 6) is -0.399. The molecule has 0 amide bonds. The normalized spacial score (nSPS) is 21.3. The molecule has 2 rings (SSSR count). The summed E-state index contributed by atoms with van der Waals surface area (Å²) in [4.78, 5) is 23.3. The molecule has 1 fully saturated rings. The van der Waals surface area contributed by atoms with Crippen molar-refractivity contribution in [3.63, 3.8) is 0 Å². The van der Waals surface area contributed by atoms with Crippen molar-refractivity contribution in [3.8, 4) is 11.5 Å². The van der Waals surface area contributed by atoms with Crippen molar-refractivity contribution in [3.05, 3.63) is 23.3 Å². The predicted molar refractivity (Wildman–Crippen MR) is 93.7 cm³/mol. The highest BCUT2D eigenvalue weighted by atomic mass is 16.8. The third kappa shape index (κ3) is 4.53. The standard InChI is InChI=1S/C19H26O7/c1-6-9-23-14-8-7-13(10-20)16(12(14)2)24-11-15-17(18(21)22-5)26-19(3,4)25-15/h7-8,10,15,17H,6,9,11H2,1-5H3/t15-,17+/m0/s1. The van der Waals surface area contributed by atoms with Crippen LogP contribution in [0.1, 0.15) is 43.1 Å². The molecule has 0 bridgehead atoms. The average Bonchev–Trinajstić information content (AvgIpc) is 2.93. The van der Waals surface area contributed by atoms with Gasteiger partial charge in [-0.05, 0) is 39.3 Å². The van der Waals surface area contributed by atoms with Crippen LogP contribution >= 0.6 is 0 Å².